The minimum atomic E-state index is -4.62. The highest BCUT2D eigenvalue weighted by atomic mass is 35.5. The summed E-state index contributed by atoms with van der Waals surface area (Å²) in [5.74, 6) is -1.48. The standard InChI is InChI=1S/C18H16ClF3O5S2/c1-3-29(25,26)12-5-7-15(13(19)9-12)28-16-8-11(18(20,21)22)4-6-14(16)27-10(2)17(23)24/h4-10H,3H2,1-2H3,(H,23,24)/t10-/m0/s1. The largest absolute Gasteiger partial charge is 0.479 e. The van der Waals surface area contributed by atoms with Crippen LogP contribution in [0, 0.1) is 0 Å². The SMILES string of the molecule is CCS(=O)(=O)c1ccc(Sc2cc(C(F)(F)F)ccc2O[C@@H](C)C(=O)O)c(Cl)c1. The van der Waals surface area contributed by atoms with Gasteiger partial charge in [0.05, 0.1) is 26.1 Å². The first-order chi connectivity index (χ1) is 13.3. The van der Waals surface area contributed by atoms with E-state index in [-0.39, 0.29) is 31.2 Å². The zero-order chi connectivity index (χ0) is 22.0. The second-order valence-electron chi connectivity index (χ2n) is 5.86. The van der Waals surface area contributed by atoms with Crippen LogP contribution < -0.4 is 4.74 Å². The molecular weight excluding hydrogens is 453 g/mol. The van der Waals surface area contributed by atoms with Gasteiger partial charge < -0.3 is 9.84 Å². The van der Waals surface area contributed by atoms with E-state index in [9.17, 15) is 26.4 Å². The quantitative estimate of drug-likeness (QED) is 0.605. The van der Waals surface area contributed by atoms with Crippen molar-refractivity contribution in [3.05, 3.63) is 47.0 Å². The van der Waals surface area contributed by atoms with Gasteiger partial charge in [0.25, 0.3) is 0 Å². The fourth-order valence-corrected chi connectivity index (χ4v) is 4.34. The first kappa shape index (κ1) is 23.4. The Labute approximate surface area is 174 Å². The summed E-state index contributed by atoms with van der Waals surface area (Å²) in [6.45, 7) is 2.72. The highest BCUT2D eigenvalue weighted by molar-refractivity contribution is 7.99. The van der Waals surface area contributed by atoms with Crippen molar-refractivity contribution in [3.8, 4) is 5.75 Å². The molecule has 158 valence electrons. The molecule has 1 N–H and O–H groups in total. The molecule has 0 aliphatic heterocycles. The number of carbonyl (C=O) groups is 1. The molecule has 0 amide bonds. The Hall–Kier alpha value is -1.91. The van der Waals surface area contributed by atoms with E-state index in [4.69, 9.17) is 21.4 Å². The van der Waals surface area contributed by atoms with Crippen LogP contribution in [0.5, 0.6) is 5.75 Å². The van der Waals surface area contributed by atoms with Crippen molar-refractivity contribution in [1.82, 2.24) is 0 Å². The lowest BCUT2D eigenvalue weighted by atomic mass is 10.2. The predicted octanol–water partition coefficient (Wildman–Crippen LogP) is 5.16. The van der Waals surface area contributed by atoms with E-state index in [0.29, 0.717) is 0 Å². The smallest absolute Gasteiger partial charge is 0.416 e. The average molecular weight is 469 g/mol. The predicted molar refractivity (Wildman–Crippen MR) is 102 cm³/mol. The first-order valence-corrected chi connectivity index (χ1v) is 11.0. The fraction of sp³-hybridized carbons (Fsp3) is 0.278. The van der Waals surface area contributed by atoms with Crippen LogP contribution in [0.2, 0.25) is 5.02 Å². The lowest BCUT2D eigenvalue weighted by Gasteiger charge is -2.17. The highest BCUT2D eigenvalue weighted by Crippen LogP contribution is 2.42. The number of ether oxygens (including phenoxy) is 1. The lowest BCUT2D eigenvalue weighted by molar-refractivity contribution is -0.144. The van der Waals surface area contributed by atoms with Crippen LogP contribution in [0.15, 0.2) is 51.1 Å². The van der Waals surface area contributed by atoms with Gasteiger partial charge in [-0.3, -0.25) is 0 Å². The molecule has 0 spiro atoms. The van der Waals surface area contributed by atoms with Gasteiger partial charge in [0, 0.05) is 4.90 Å². The average Bonchev–Trinajstić information content (AvgIpc) is 2.63. The molecule has 0 saturated heterocycles. The van der Waals surface area contributed by atoms with Crippen molar-refractivity contribution in [2.45, 2.75) is 40.8 Å². The van der Waals surface area contributed by atoms with Crippen LogP contribution >= 0.6 is 23.4 Å². The third kappa shape index (κ3) is 5.80. The van der Waals surface area contributed by atoms with Gasteiger partial charge in [0.2, 0.25) is 0 Å². The van der Waals surface area contributed by atoms with Crippen LogP contribution in [0.25, 0.3) is 0 Å². The molecule has 0 radical (unpaired) electrons. The van der Waals surface area contributed by atoms with Gasteiger partial charge >= 0.3 is 12.1 Å². The van der Waals surface area contributed by atoms with Gasteiger partial charge in [0.15, 0.2) is 15.9 Å². The lowest BCUT2D eigenvalue weighted by Crippen LogP contribution is -2.23. The van der Waals surface area contributed by atoms with E-state index in [1.54, 1.807) is 0 Å². The van der Waals surface area contributed by atoms with E-state index < -0.39 is 33.7 Å². The molecule has 0 unspecified atom stereocenters. The summed E-state index contributed by atoms with van der Waals surface area (Å²) in [5.41, 5.74) is -0.948. The minimum absolute atomic E-state index is 0.00522. The van der Waals surface area contributed by atoms with Crippen molar-refractivity contribution in [3.63, 3.8) is 0 Å². The first-order valence-electron chi connectivity index (χ1n) is 8.16. The van der Waals surface area contributed by atoms with Gasteiger partial charge in [-0.2, -0.15) is 13.2 Å². The molecule has 0 fully saturated rings. The molecular formula is C18H16ClF3O5S2. The summed E-state index contributed by atoms with van der Waals surface area (Å²) in [4.78, 5) is 11.3. The van der Waals surface area contributed by atoms with Crippen molar-refractivity contribution in [1.29, 1.82) is 0 Å². The third-order valence-electron chi connectivity index (χ3n) is 3.78. The molecule has 0 aliphatic carbocycles. The summed E-state index contributed by atoms with van der Waals surface area (Å²) in [5, 5.41) is 9.02. The molecule has 1 atom stereocenters. The summed E-state index contributed by atoms with van der Waals surface area (Å²) in [7, 11) is -3.50. The molecule has 0 heterocycles. The van der Waals surface area contributed by atoms with E-state index in [1.165, 1.54) is 32.0 Å². The van der Waals surface area contributed by atoms with E-state index >= 15 is 0 Å². The number of hydrogen-bond acceptors (Lipinski definition) is 5. The second-order valence-corrected chi connectivity index (χ2v) is 9.62. The number of carboxylic acid groups (broad SMARTS) is 1. The normalized spacial score (nSPS) is 13.2. The molecule has 2 aromatic carbocycles. The van der Waals surface area contributed by atoms with Crippen LogP contribution in [-0.4, -0.2) is 31.4 Å². The molecule has 5 nitrogen and oxygen atoms in total. The maximum Gasteiger partial charge on any atom is 0.416 e. The Morgan fingerprint density at radius 3 is 2.38 bits per heavy atom. The van der Waals surface area contributed by atoms with E-state index in [1.807, 2.05) is 0 Å². The van der Waals surface area contributed by atoms with E-state index in [2.05, 4.69) is 0 Å². The number of aliphatic carboxylic acids is 1. The summed E-state index contributed by atoms with van der Waals surface area (Å²) >= 11 is 6.95. The van der Waals surface area contributed by atoms with Crippen LogP contribution in [-0.2, 0) is 20.8 Å². The van der Waals surface area contributed by atoms with Gasteiger partial charge in [-0.15, -0.1) is 0 Å². The van der Waals surface area contributed by atoms with Crippen LogP contribution in [0.1, 0.15) is 19.4 Å². The topological polar surface area (TPSA) is 80.7 Å². The van der Waals surface area contributed by atoms with Crippen LogP contribution in [0.4, 0.5) is 13.2 Å². The maximum absolute atomic E-state index is 13.1. The fourth-order valence-electron chi connectivity index (χ4n) is 2.15. The Morgan fingerprint density at radius 2 is 1.86 bits per heavy atom. The molecule has 2 rings (SSSR count). The minimum Gasteiger partial charge on any atom is -0.479 e. The Morgan fingerprint density at radius 1 is 1.21 bits per heavy atom. The Balaban J connectivity index is 2.47. The molecule has 0 saturated carbocycles. The number of hydrogen-bond donors (Lipinski definition) is 1. The number of sulfone groups is 1. The highest BCUT2D eigenvalue weighted by Gasteiger charge is 2.32. The maximum atomic E-state index is 13.1. The van der Waals surface area contributed by atoms with Gasteiger partial charge in [-0.05, 0) is 43.3 Å². The van der Waals surface area contributed by atoms with E-state index in [0.717, 1.165) is 30.0 Å². The number of benzene rings is 2. The molecule has 0 aliphatic rings. The molecule has 29 heavy (non-hydrogen) atoms. The van der Waals surface area contributed by atoms with Crippen molar-refractivity contribution < 1.29 is 36.2 Å². The molecule has 11 heteroatoms. The van der Waals surface area contributed by atoms with Gasteiger partial charge in [0.1, 0.15) is 5.75 Å². The summed E-state index contributed by atoms with van der Waals surface area (Å²) < 4.78 is 68.4. The number of alkyl halides is 3. The zero-order valence-electron chi connectivity index (χ0n) is 15.2. The molecule has 2 aromatic rings. The molecule has 0 bridgehead atoms. The number of rotatable bonds is 7. The van der Waals surface area contributed by atoms with Crippen molar-refractivity contribution >= 4 is 39.2 Å². The number of carboxylic acids is 1. The molecule has 0 aromatic heterocycles. The zero-order valence-corrected chi connectivity index (χ0v) is 17.5. The number of halogens is 4. The summed E-state index contributed by atoms with van der Waals surface area (Å²) in [6, 6.07) is 6.54. The Bertz CT molecular complexity index is 1020. The van der Waals surface area contributed by atoms with Crippen LogP contribution in [0.3, 0.4) is 0 Å². The van der Waals surface area contributed by atoms with Crippen molar-refractivity contribution in [2.75, 3.05) is 5.75 Å². The Kier molecular flexibility index (Phi) is 7.13. The van der Waals surface area contributed by atoms with Crippen molar-refractivity contribution in [2.24, 2.45) is 0 Å². The third-order valence-corrected chi connectivity index (χ3v) is 7.06. The monoisotopic (exact) mass is 468 g/mol. The van der Waals surface area contributed by atoms with Gasteiger partial charge in [-0.25, -0.2) is 13.2 Å². The second kappa shape index (κ2) is 8.85. The van der Waals surface area contributed by atoms with Gasteiger partial charge in [-0.1, -0.05) is 30.3 Å². The summed E-state index contributed by atoms with van der Waals surface area (Å²) in [6.07, 6.45) is -5.91.